The molecule has 136 valence electrons. The molecule has 1 aromatic heterocycles. The van der Waals surface area contributed by atoms with Crippen LogP contribution in [0.5, 0.6) is 0 Å². The van der Waals surface area contributed by atoms with Gasteiger partial charge in [0.2, 0.25) is 0 Å². The topological polar surface area (TPSA) is 61.4 Å². The number of likely N-dealkylation sites (tertiary alicyclic amines) is 1. The van der Waals surface area contributed by atoms with E-state index in [-0.39, 0.29) is 17.9 Å². The molecular weight excluding hydrogens is 346 g/mol. The van der Waals surface area contributed by atoms with Crippen molar-refractivity contribution < 1.29 is 9.59 Å². The maximum absolute atomic E-state index is 13.2. The third kappa shape index (κ3) is 3.65. The largest absolute Gasteiger partial charge is 0.381 e. The van der Waals surface area contributed by atoms with E-state index in [4.69, 9.17) is 0 Å². The van der Waals surface area contributed by atoms with Gasteiger partial charge < -0.3 is 15.5 Å². The molecule has 1 aliphatic rings. The van der Waals surface area contributed by atoms with E-state index in [9.17, 15) is 9.59 Å². The van der Waals surface area contributed by atoms with Crippen molar-refractivity contribution in [1.29, 1.82) is 0 Å². The summed E-state index contributed by atoms with van der Waals surface area (Å²) in [4.78, 5) is 28.7. The zero-order chi connectivity index (χ0) is 18.5. The Morgan fingerprint density at radius 3 is 2.88 bits per heavy atom. The van der Waals surface area contributed by atoms with E-state index < -0.39 is 0 Å². The number of hydrogen-bond acceptors (Lipinski definition) is 4. The Morgan fingerprint density at radius 2 is 2.12 bits per heavy atom. The molecule has 1 saturated heterocycles. The Labute approximate surface area is 157 Å². The average Bonchev–Trinajstić information content (AvgIpc) is 3.34. The third-order valence-electron chi connectivity index (χ3n) is 4.51. The van der Waals surface area contributed by atoms with Crippen molar-refractivity contribution in [3.05, 3.63) is 64.4 Å². The van der Waals surface area contributed by atoms with Crippen molar-refractivity contribution in [2.24, 2.45) is 0 Å². The smallest absolute Gasteiger partial charge is 0.261 e. The summed E-state index contributed by atoms with van der Waals surface area (Å²) in [6.45, 7) is 5.05. The second-order valence-corrected chi connectivity index (χ2v) is 7.27. The molecule has 1 aromatic carbocycles. The van der Waals surface area contributed by atoms with Gasteiger partial charge >= 0.3 is 0 Å². The molecule has 6 heteroatoms. The fraction of sp³-hybridized carbons (Fsp3) is 0.300. The summed E-state index contributed by atoms with van der Waals surface area (Å²) < 4.78 is 0. The Balaban J connectivity index is 1.84. The Morgan fingerprint density at radius 1 is 1.31 bits per heavy atom. The van der Waals surface area contributed by atoms with Gasteiger partial charge in [0.25, 0.3) is 11.8 Å². The predicted molar refractivity (Wildman–Crippen MR) is 106 cm³/mol. The van der Waals surface area contributed by atoms with Crippen molar-refractivity contribution in [1.82, 2.24) is 10.2 Å². The summed E-state index contributed by atoms with van der Waals surface area (Å²) >= 11 is 1.46. The molecule has 2 heterocycles. The van der Waals surface area contributed by atoms with Crippen LogP contribution in [0.15, 0.2) is 49.1 Å². The second-order valence-electron chi connectivity index (χ2n) is 6.15. The zero-order valence-corrected chi connectivity index (χ0v) is 15.6. The maximum Gasteiger partial charge on any atom is 0.261 e. The molecular formula is C20H23N3O2S. The number of anilines is 1. The standard InChI is InChI=1S/C20H23N3O2S/c1-3-12-22-15-8-5-4-7-14(15)20(25)23-13-6-9-16(23)17-10-11-18(26-17)19(24)21-2/h3-5,7-8,10-11,16,22H,1,6,9,12-13H2,2H3,(H,21,24)/t16-/m1/s1. The quantitative estimate of drug-likeness (QED) is 0.764. The number of carbonyl (C=O) groups is 2. The molecule has 1 aliphatic heterocycles. The fourth-order valence-corrected chi connectivity index (χ4v) is 4.35. The number of benzene rings is 1. The van der Waals surface area contributed by atoms with Gasteiger partial charge in [-0.1, -0.05) is 18.2 Å². The van der Waals surface area contributed by atoms with E-state index in [1.54, 1.807) is 13.1 Å². The second kappa shape index (κ2) is 8.19. The van der Waals surface area contributed by atoms with E-state index in [2.05, 4.69) is 17.2 Å². The van der Waals surface area contributed by atoms with Crippen LogP contribution in [-0.2, 0) is 0 Å². The van der Waals surface area contributed by atoms with Crippen LogP contribution >= 0.6 is 11.3 Å². The molecule has 0 radical (unpaired) electrons. The normalized spacial score (nSPS) is 16.3. The molecule has 5 nitrogen and oxygen atoms in total. The van der Waals surface area contributed by atoms with E-state index in [0.29, 0.717) is 17.0 Å². The van der Waals surface area contributed by atoms with Crippen LogP contribution in [0.4, 0.5) is 5.69 Å². The molecule has 2 N–H and O–H groups in total. The fourth-order valence-electron chi connectivity index (χ4n) is 3.24. The summed E-state index contributed by atoms with van der Waals surface area (Å²) in [6, 6.07) is 11.4. The number of rotatable bonds is 6. The summed E-state index contributed by atoms with van der Waals surface area (Å²) in [5, 5.41) is 5.88. The van der Waals surface area contributed by atoms with Gasteiger partial charge in [-0.15, -0.1) is 17.9 Å². The van der Waals surface area contributed by atoms with Crippen LogP contribution in [0.2, 0.25) is 0 Å². The monoisotopic (exact) mass is 369 g/mol. The molecule has 0 aliphatic carbocycles. The number of nitrogens with one attached hydrogen (secondary N) is 2. The lowest BCUT2D eigenvalue weighted by Crippen LogP contribution is -2.30. The molecule has 0 bridgehead atoms. The predicted octanol–water partition coefficient (Wildman–Crippen LogP) is 3.68. The van der Waals surface area contributed by atoms with Crippen LogP contribution in [0.3, 0.4) is 0 Å². The van der Waals surface area contributed by atoms with Crippen molar-refractivity contribution >= 4 is 28.8 Å². The van der Waals surface area contributed by atoms with Gasteiger partial charge in [0.1, 0.15) is 0 Å². The van der Waals surface area contributed by atoms with Gasteiger partial charge in [-0.05, 0) is 37.1 Å². The highest BCUT2D eigenvalue weighted by Crippen LogP contribution is 2.37. The maximum atomic E-state index is 13.2. The first kappa shape index (κ1) is 18.2. The van der Waals surface area contributed by atoms with Gasteiger partial charge in [-0.3, -0.25) is 9.59 Å². The Hall–Kier alpha value is -2.60. The van der Waals surface area contributed by atoms with Gasteiger partial charge in [0.15, 0.2) is 0 Å². The number of thiophene rings is 1. The molecule has 2 amide bonds. The summed E-state index contributed by atoms with van der Waals surface area (Å²) in [5.74, 6) is -0.0642. The van der Waals surface area contributed by atoms with E-state index >= 15 is 0 Å². The van der Waals surface area contributed by atoms with Gasteiger partial charge in [-0.25, -0.2) is 0 Å². The highest BCUT2D eigenvalue weighted by molar-refractivity contribution is 7.14. The Bertz CT molecular complexity index is 815. The lowest BCUT2D eigenvalue weighted by atomic mass is 10.1. The SMILES string of the molecule is C=CCNc1ccccc1C(=O)N1CCC[C@@H]1c1ccc(C(=O)NC)s1. The van der Waals surface area contributed by atoms with Crippen LogP contribution in [0, 0.1) is 0 Å². The van der Waals surface area contributed by atoms with E-state index in [1.807, 2.05) is 41.3 Å². The lowest BCUT2D eigenvalue weighted by Gasteiger charge is -2.25. The van der Waals surface area contributed by atoms with Crippen molar-refractivity contribution in [3.8, 4) is 0 Å². The number of carbonyl (C=O) groups excluding carboxylic acids is 2. The minimum Gasteiger partial charge on any atom is -0.381 e. The zero-order valence-electron chi connectivity index (χ0n) is 14.8. The summed E-state index contributed by atoms with van der Waals surface area (Å²) in [7, 11) is 1.63. The molecule has 3 rings (SSSR count). The summed E-state index contributed by atoms with van der Waals surface area (Å²) in [6.07, 6.45) is 3.65. The third-order valence-corrected chi connectivity index (χ3v) is 5.70. The molecule has 2 aromatic rings. The first-order valence-corrected chi connectivity index (χ1v) is 9.54. The van der Waals surface area contributed by atoms with E-state index in [0.717, 1.165) is 30.0 Å². The van der Waals surface area contributed by atoms with Crippen LogP contribution < -0.4 is 10.6 Å². The highest BCUT2D eigenvalue weighted by atomic mass is 32.1. The van der Waals surface area contributed by atoms with Gasteiger partial charge in [0.05, 0.1) is 16.5 Å². The number of para-hydroxylation sites is 1. The lowest BCUT2D eigenvalue weighted by molar-refractivity contribution is 0.0738. The van der Waals surface area contributed by atoms with Crippen molar-refractivity contribution in [3.63, 3.8) is 0 Å². The van der Waals surface area contributed by atoms with Gasteiger partial charge in [0, 0.05) is 30.7 Å². The average molecular weight is 369 g/mol. The number of nitrogens with zero attached hydrogens (tertiary/aromatic N) is 1. The summed E-state index contributed by atoms with van der Waals surface area (Å²) in [5.41, 5.74) is 1.49. The first-order chi connectivity index (χ1) is 12.7. The molecule has 26 heavy (non-hydrogen) atoms. The minimum absolute atomic E-state index is 0.0227. The molecule has 1 atom stereocenters. The highest BCUT2D eigenvalue weighted by Gasteiger charge is 2.32. The number of hydrogen-bond donors (Lipinski definition) is 2. The van der Waals surface area contributed by atoms with Crippen LogP contribution in [0.25, 0.3) is 0 Å². The number of amides is 2. The molecule has 0 spiro atoms. The molecule has 0 saturated carbocycles. The van der Waals surface area contributed by atoms with E-state index in [1.165, 1.54) is 11.3 Å². The first-order valence-electron chi connectivity index (χ1n) is 8.72. The van der Waals surface area contributed by atoms with Gasteiger partial charge in [-0.2, -0.15) is 0 Å². The van der Waals surface area contributed by atoms with Crippen molar-refractivity contribution in [2.75, 3.05) is 25.5 Å². The van der Waals surface area contributed by atoms with Crippen LogP contribution in [0.1, 0.15) is 43.8 Å². The molecule has 1 fully saturated rings. The Kier molecular flexibility index (Phi) is 5.73. The van der Waals surface area contributed by atoms with Crippen molar-refractivity contribution in [2.45, 2.75) is 18.9 Å². The minimum atomic E-state index is -0.0869. The van der Waals surface area contributed by atoms with Crippen LogP contribution in [-0.4, -0.2) is 36.9 Å². The molecule has 0 unspecified atom stereocenters.